The number of aromatic nitrogens is 3. The summed E-state index contributed by atoms with van der Waals surface area (Å²) in [4.78, 5) is 1.62. The first-order valence-electron chi connectivity index (χ1n) is 11.6. The summed E-state index contributed by atoms with van der Waals surface area (Å²) in [5.41, 5.74) is 6.76. The van der Waals surface area contributed by atoms with Gasteiger partial charge >= 0.3 is 0 Å². The number of aryl methyl sites for hydroxylation is 1. The van der Waals surface area contributed by atoms with Gasteiger partial charge in [0.1, 0.15) is 38.5 Å². The number of rotatable bonds is 8. The van der Waals surface area contributed by atoms with Gasteiger partial charge in [0, 0.05) is 40.2 Å². The molecule has 0 bridgehead atoms. The van der Waals surface area contributed by atoms with Crippen molar-refractivity contribution in [1.82, 2.24) is 14.3 Å². The summed E-state index contributed by atoms with van der Waals surface area (Å²) in [7, 11) is 0. The molecule has 0 unspecified atom stereocenters. The number of hydrogen-bond donors (Lipinski definition) is 2. The lowest BCUT2D eigenvalue weighted by Gasteiger charge is -2.23. The average molecular weight is 424 g/mol. The fraction of sp³-hybridized carbons (Fsp3) is 0.480. The quantitative estimate of drug-likeness (QED) is 0.578. The zero-order chi connectivity index (χ0) is 21.8. The number of nitrogens with two attached hydrogens (primary N) is 1. The second-order valence-electron chi connectivity index (χ2n) is 9.01. The van der Waals surface area contributed by atoms with Gasteiger partial charge in [-0.2, -0.15) is 5.10 Å². The molecule has 3 N–H and O–H groups in total. The molecule has 0 amide bonds. The number of hydrogen-bond acceptors (Lipinski definition) is 2. The normalized spacial score (nSPS) is 15.1. The van der Waals surface area contributed by atoms with Crippen molar-refractivity contribution in [3.8, 4) is 5.82 Å². The topological polar surface area (TPSA) is 53.0 Å². The van der Waals surface area contributed by atoms with Crippen LogP contribution < -0.4 is 10.2 Å². The highest BCUT2D eigenvalue weighted by molar-refractivity contribution is 5.36. The van der Waals surface area contributed by atoms with Crippen LogP contribution in [0.25, 0.3) is 5.82 Å². The minimum Gasteiger partial charge on any atom is -0.370 e. The first-order valence-corrected chi connectivity index (χ1v) is 11.6. The van der Waals surface area contributed by atoms with Crippen molar-refractivity contribution in [2.45, 2.75) is 53.4 Å². The summed E-state index contributed by atoms with van der Waals surface area (Å²) in [6.07, 6.45) is 1.89. The van der Waals surface area contributed by atoms with E-state index in [1.54, 1.807) is 4.90 Å². The van der Waals surface area contributed by atoms with Crippen molar-refractivity contribution in [3.05, 3.63) is 70.7 Å². The second-order valence-corrected chi connectivity index (χ2v) is 9.01. The molecule has 2 aromatic heterocycles. The molecule has 166 valence electrons. The standard InChI is InChI=1S/C25H35N5O/c1-19(2)30-25(9-10-27-30)29-20(3)15-24(21(29)4)17-26-16-22-5-7-23(8-6-22)18-28-11-13-31-14-12-28/h5-10,15,19,26H,11-14,16-18H2,1-4H3/p+2. The van der Waals surface area contributed by atoms with Gasteiger partial charge in [-0.1, -0.05) is 24.3 Å². The summed E-state index contributed by atoms with van der Waals surface area (Å²) in [5, 5.41) is 6.91. The molecule has 0 atom stereocenters. The van der Waals surface area contributed by atoms with E-state index in [1.165, 1.54) is 28.1 Å². The molecular formula is C25H37N5O+2. The third kappa shape index (κ3) is 5.09. The van der Waals surface area contributed by atoms with Gasteiger partial charge in [0.05, 0.1) is 19.4 Å². The minimum absolute atomic E-state index is 0.342. The summed E-state index contributed by atoms with van der Waals surface area (Å²) in [6, 6.07) is 13.9. The fourth-order valence-electron chi connectivity index (χ4n) is 4.58. The molecule has 1 saturated heterocycles. The molecule has 0 aliphatic carbocycles. The Kier molecular flexibility index (Phi) is 6.90. The van der Waals surface area contributed by atoms with Crippen molar-refractivity contribution >= 4 is 0 Å². The van der Waals surface area contributed by atoms with Crippen LogP contribution in [0.5, 0.6) is 0 Å². The van der Waals surface area contributed by atoms with Gasteiger partial charge < -0.3 is 19.5 Å². The van der Waals surface area contributed by atoms with Crippen LogP contribution >= 0.6 is 0 Å². The van der Waals surface area contributed by atoms with Crippen LogP contribution in [-0.4, -0.2) is 40.7 Å². The molecule has 0 saturated carbocycles. The Labute approximate surface area is 185 Å². The Morgan fingerprint density at radius 1 is 1.03 bits per heavy atom. The highest BCUT2D eigenvalue weighted by atomic mass is 16.5. The lowest BCUT2D eigenvalue weighted by atomic mass is 10.1. The number of morpholine rings is 1. The van der Waals surface area contributed by atoms with Crippen molar-refractivity contribution in [2.24, 2.45) is 0 Å². The van der Waals surface area contributed by atoms with Crippen molar-refractivity contribution in [2.75, 3.05) is 26.3 Å². The highest BCUT2D eigenvalue weighted by Crippen LogP contribution is 2.22. The molecule has 3 aromatic rings. The van der Waals surface area contributed by atoms with Crippen LogP contribution in [0.2, 0.25) is 0 Å². The van der Waals surface area contributed by atoms with Crippen LogP contribution in [0, 0.1) is 13.8 Å². The summed E-state index contributed by atoms with van der Waals surface area (Å²) in [6.45, 7) is 15.9. The van der Waals surface area contributed by atoms with E-state index >= 15 is 0 Å². The van der Waals surface area contributed by atoms with Crippen LogP contribution in [0.1, 0.15) is 48.0 Å². The van der Waals surface area contributed by atoms with Gasteiger partial charge in [-0.05, 0) is 33.8 Å². The smallest absolute Gasteiger partial charge is 0.135 e. The Bertz CT molecular complexity index is 980. The summed E-state index contributed by atoms with van der Waals surface area (Å²) in [5.74, 6) is 1.15. The minimum atomic E-state index is 0.342. The summed E-state index contributed by atoms with van der Waals surface area (Å²) >= 11 is 0. The van der Waals surface area contributed by atoms with Gasteiger partial charge in [-0.3, -0.25) is 0 Å². The van der Waals surface area contributed by atoms with Gasteiger partial charge in [0.25, 0.3) is 0 Å². The maximum Gasteiger partial charge on any atom is 0.135 e. The van der Waals surface area contributed by atoms with Gasteiger partial charge in [-0.15, -0.1) is 0 Å². The number of nitrogens with zero attached hydrogens (tertiary/aromatic N) is 3. The second kappa shape index (κ2) is 9.81. The van der Waals surface area contributed by atoms with E-state index in [4.69, 9.17) is 4.74 Å². The van der Waals surface area contributed by atoms with Crippen molar-refractivity contribution < 1.29 is 15.0 Å². The van der Waals surface area contributed by atoms with Crippen LogP contribution in [0.3, 0.4) is 0 Å². The summed E-state index contributed by atoms with van der Waals surface area (Å²) < 4.78 is 9.88. The molecule has 1 aliphatic rings. The van der Waals surface area contributed by atoms with E-state index in [0.29, 0.717) is 6.04 Å². The first-order chi connectivity index (χ1) is 15.0. The SMILES string of the molecule is Cc1cc(C[NH2+]Cc2ccc(C[NH+]3CCOCC3)cc2)c(C)n1-c1ccnn1C(C)C. The van der Waals surface area contributed by atoms with E-state index in [2.05, 4.69) is 83.8 Å². The lowest BCUT2D eigenvalue weighted by Crippen LogP contribution is -3.12. The molecule has 6 nitrogen and oxygen atoms in total. The Balaban J connectivity index is 1.35. The van der Waals surface area contributed by atoms with E-state index in [9.17, 15) is 0 Å². The van der Waals surface area contributed by atoms with E-state index in [1.807, 2.05) is 6.20 Å². The highest BCUT2D eigenvalue weighted by Gasteiger charge is 2.16. The van der Waals surface area contributed by atoms with Crippen LogP contribution in [0.15, 0.2) is 42.6 Å². The van der Waals surface area contributed by atoms with Gasteiger partial charge in [-0.25, -0.2) is 4.68 Å². The first kappa shape index (κ1) is 21.8. The van der Waals surface area contributed by atoms with Crippen molar-refractivity contribution in [1.29, 1.82) is 0 Å². The molecule has 0 radical (unpaired) electrons. The van der Waals surface area contributed by atoms with Crippen molar-refractivity contribution in [3.63, 3.8) is 0 Å². The molecular weight excluding hydrogens is 386 g/mol. The number of nitrogens with one attached hydrogen (secondary N) is 1. The molecule has 1 fully saturated rings. The average Bonchev–Trinajstić information content (AvgIpc) is 3.34. The molecule has 1 aliphatic heterocycles. The number of quaternary nitrogens is 2. The largest absolute Gasteiger partial charge is 0.370 e. The third-order valence-electron chi connectivity index (χ3n) is 6.32. The Hall–Kier alpha value is -2.41. The monoisotopic (exact) mass is 423 g/mol. The molecule has 31 heavy (non-hydrogen) atoms. The van der Waals surface area contributed by atoms with E-state index in [0.717, 1.165) is 51.8 Å². The predicted octanol–water partition coefficient (Wildman–Crippen LogP) is 1.55. The Morgan fingerprint density at radius 2 is 1.74 bits per heavy atom. The lowest BCUT2D eigenvalue weighted by molar-refractivity contribution is -0.921. The zero-order valence-corrected chi connectivity index (χ0v) is 19.4. The predicted molar refractivity (Wildman–Crippen MR) is 122 cm³/mol. The number of ether oxygens (including phenoxy) is 1. The molecule has 3 heterocycles. The Morgan fingerprint density at radius 3 is 2.45 bits per heavy atom. The molecule has 4 rings (SSSR count). The maximum atomic E-state index is 5.46. The van der Waals surface area contributed by atoms with E-state index in [-0.39, 0.29) is 0 Å². The van der Waals surface area contributed by atoms with Crippen LogP contribution in [-0.2, 0) is 24.4 Å². The maximum absolute atomic E-state index is 5.46. The fourth-order valence-corrected chi connectivity index (χ4v) is 4.58. The third-order valence-corrected chi connectivity index (χ3v) is 6.32. The van der Waals surface area contributed by atoms with E-state index < -0.39 is 0 Å². The molecule has 6 heteroatoms. The number of benzene rings is 1. The van der Waals surface area contributed by atoms with Crippen LogP contribution in [0.4, 0.5) is 0 Å². The van der Waals surface area contributed by atoms with Gasteiger partial charge in [0.2, 0.25) is 0 Å². The van der Waals surface area contributed by atoms with Gasteiger partial charge in [0.15, 0.2) is 0 Å². The zero-order valence-electron chi connectivity index (χ0n) is 19.4. The molecule has 1 aromatic carbocycles. The molecule has 0 spiro atoms.